The highest BCUT2D eigenvalue weighted by Crippen LogP contribution is 2.33. The summed E-state index contributed by atoms with van der Waals surface area (Å²) in [6.45, 7) is 6.85. The number of carbonyl (C=O) groups is 1. The Morgan fingerprint density at radius 2 is 1.86 bits per heavy atom. The number of hydrogen-bond donors (Lipinski definition) is 2. The second-order valence-electron chi connectivity index (χ2n) is 8.23. The normalized spacial score (nSPS) is 10.8. The molecule has 36 heavy (non-hydrogen) atoms. The van der Waals surface area contributed by atoms with E-state index in [0.717, 1.165) is 44.1 Å². The zero-order valence-electron chi connectivity index (χ0n) is 21.1. The van der Waals surface area contributed by atoms with Crippen LogP contribution in [0.2, 0.25) is 0 Å². The van der Waals surface area contributed by atoms with E-state index in [4.69, 9.17) is 0 Å². The Hall–Kier alpha value is -3.53. The van der Waals surface area contributed by atoms with Gasteiger partial charge >= 0.3 is 0 Å². The number of anilines is 3. The third-order valence-corrected chi connectivity index (χ3v) is 7.22. The molecule has 0 fully saturated rings. The number of rotatable bonds is 7. The van der Waals surface area contributed by atoms with E-state index in [1.807, 2.05) is 69.6 Å². The molecule has 1 amide bonds. The fourth-order valence-corrected chi connectivity index (χ4v) is 5.35. The second-order valence-corrected chi connectivity index (χ2v) is 10.3. The molecular weight excluding hydrogens is 488 g/mol. The van der Waals surface area contributed by atoms with E-state index in [1.54, 1.807) is 11.3 Å². The minimum absolute atomic E-state index is 0. The van der Waals surface area contributed by atoms with Crippen molar-refractivity contribution in [2.24, 2.45) is 0 Å². The van der Waals surface area contributed by atoms with Crippen LogP contribution < -0.4 is 10.6 Å². The van der Waals surface area contributed by atoms with E-state index in [2.05, 4.69) is 62.3 Å². The second kappa shape index (κ2) is 11.5. The molecule has 0 atom stereocenters. The monoisotopic (exact) mass is 522 g/mol. The summed E-state index contributed by atoms with van der Waals surface area (Å²) in [6, 6.07) is 15.7. The van der Waals surface area contributed by atoms with Crippen LogP contribution in [0, 0.1) is 6.92 Å². The summed E-state index contributed by atoms with van der Waals surface area (Å²) in [6.07, 6.45) is 5.79. The number of aryl methyl sites for hydroxylation is 1. The smallest absolute Gasteiger partial charge is 0.265 e. The van der Waals surface area contributed by atoms with Crippen molar-refractivity contribution in [1.82, 2.24) is 19.3 Å². The number of thiophene rings is 1. The van der Waals surface area contributed by atoms with Gasteiger partial charge in [0, 0.05) is 27.5 Å². The van der Waals surface area contributed by atoms with Crippen molar-refractivity contribution in [3.05, 3.63) is 83.1 Å². The Labute approximate surface area is 222 Å². The number of para-hydroxylation sites is 1. The molecule has 0 unspecified atom stereocenters. The van der Waals surface area contributed by atoms with Crippen LogP contribution in [-0.4, -0.2) is 39.3 Å². The van der Waals surface area contributed by atoms with Gasteiger partial charge in [0.25, 0.3) is 5.91 Å². The molecule has 1 aromatic carbocycles. The molecule has 0 aliphatic rings. The maximum Gasteiger partial charge on any atom is 0.265 e. The van der Waals surface area contributed by atoms with Crippen molar-refractivity contribution >= 4 is 50.0 Å². The van der Waals surface area contributed by atoms with Gasteiger partial charge in [-0.2, -0.15) is 0 Å². The summed E-state index contributed by atoms with van der Waals surface area (Å²) in [4.78, 5) is 25.5. The summed E-state index contributed by atoms with van der Waals surface area (Å²) in [5.74, 6) is -0.119. The number of carbonyl (C=O) groups excluding carboxylic acids is 1. The van der Waals surface area contributed by atoms with Gasteiger partial charge in [0.05, 0.1) is 26.6 Å². The quantitative estimate of drug-likeness (QED) is 0.233. The third-order valence-electron chi connectivity index (χ3n) is 5.29. The van der Waals surface area contributed by atoms with Gasteiger partial charge in [-0.25, -0.2) is 9.97 Å². The van der Waals surface area contributed by atoms with Gasteiger partial charge in [0.15, 0.2) is 5.13 Å². The van der Waals surface area contributed by atoms with Gasteiger partial charge in [-0.05, 0) is 62.5 Å². The van der Waals surface area contributed by atoms with Crippen LogP contribution in [0.3, 0.4) is 0 Å². The molecule has 0 spiro atoms. The summed E-state index contributed by atoms with van der Waals surface area (Å²) in [5.41, 5.74) is 4.99. The molecule has 4 aromatic heterocycles. The first-order valence-corrected chi connectivity index (χ1v) is 13.4. The first-order chi connectivity index (χ1) is 17.5. The summed E-state index contributed by atoms with van der Waals surface area (Å²) in [5, 5.41) is 7.93. The van der Waals surface area contributed by atoms with Crippen molar-refractivity contribution in [3.63, 3.8) is 0 Å². The van der Waals surface area contributed by atoms with E-state index in [9.17, 15) is 4.79 Å². The lowest BCUT2D eigenvalue weighted by Gasteiger charge is -2.09. The van der Waals surface area contributed by atoms with E-state index in [0.29, 0.717) is 4.88 Å². The molecule has 2 N–H and O–H groups in total. The minimum atomic E-state index is -0.119. The molecule has 0 aliphatic heterocycles. The SMILES string of the molecule is CC.Cc1ccccc1NC(=O)c1ccc(Nc2ncc(-c3cnc4cc(CN(C)C)ccn34)s2)s1.[HH].[HH]. The number of pyridine rings is 1. The molecular formula is C27H34N6OS2. The molecule has 9 heteroatoms. The Balaban J connectivity index is 0.00000124. The first-order valence-electron chi connectivity index (χ1n) is 11.8. The Bertz CT molecular complexity index is 1480. The van der Waals surface area contributed by atoms with Gasteiger partial charge in [0.2, 0.25) is 0 Å². The predicted molar refractivity (Wildman–Crippen MR) is 156 cm³/mol. The number of benzene rings is 1. The topological polar surface area (TPSA) is 74.6 Å². The number of imidazole rings is 1. The number of thiazole rings is 1. The van der Waals surface area contributed by atoms with Crippen molar-refractivity contribution in [2.75, 3.05) is 24.7 Å². The summed E-state index contributed by atoms with van der Waals surface area (Å²) >= 11 is 2.95. The summed E-state index contributed by atoms with van der Waals surface area (Å²) in [7, 11) is 4.11. The molecule has 0 aliphatic carbocycles. The Morgan fingerprint density at radius 3 is 2.64 bits per heavy atom. The highest BCUT2D eigenvalue weighted by atomic mass is 32.1. The number of aromatic nitrogens is 3. The number of hydrogen-bond acceptors (Lipinski definition) is 7. The van der Waals surface area contributed by atoms with Crippen LogP contribution >= 0.6 is 22.7 Å². The molecule has 190 valence electrons. The van der Waals surface area contributed by atoms with Gasteiger partial charge in [-0.1, -0.05) is 43.4 Å². The van der Waals surface area contributed by atoms with Crippen molar-refractivity contribution < 1.29 is 7.65 Å². The lowest BCUT2D eigenvalue weighted by Crippen LogP contribution is -2.10. The van der Waals surface area contributed by atoms with E-state index in [-0.39, 0.29) is 8.76 Å². The van der Waals surface area contributed by atoms with Crippen molar-refractivity contribution in [1.29, 1.82) is 0 Å². The Kier molecular flexibility index (Phi) is 8.14. The fourth-order valence-electron chi connectivity index (χ4n) is 3.65. The zero-order valence-corrected chi connectivity index (χ0v) is 22.7. The summed E-state index contributed by atoms with van der Waals surface area (Å²) < 4.78 is 2.08. The average molecular weight is 523 g/mol. The average Bonchev–Trinajstić information content (AvgIpc) is 3.61. The highest BCUT2D eigenvalue weighted by molar-refractivity contribution is 7.20. The maximum absolute atomic E-state index is 12.6. The van der Waals surface area contributed by atoms with E-state index in [1.165, 1.54) is 16.9 Å². The molecule has 7 nitrogen and oxygen atoms in total. The van der Waals surface area contributed by atoms with Gasteiger partial charge in [0.1, 0.15) is 5.65 Å². The number of amides is 1. The molecule has 0 bridgehead atoms. The standard InChI is InChI=1S/C25H24N6OS2.C2H6.2H2/c1-16-6-4-5-7-18(16)28-24(32)20-8-9-23(33-20)29-25-27-14-21(34-25)19-13-26-22-12-17(15-30(2)3)10-11-31(19)22;1-2;;/h4-14H,15H2,1-3H3,(H,27,29)(H,28,32);1-2H3;2*1H. The Morgan fingerprint density at radius 1 is 1.06 bits per heavy atom. The van der Waals surface area contributed by atoms with E-state index >= 15 is 0 Å². The van der Waals surface area contributed by atoms with Crippen LogP contribution in [0.15, 0.2) is 67.1 Å². The van der Waals surface area contributed by atoms with Crippen molar-refractivity contribution in [2.45, 2.75) is 27.3 Å². The van der Waals surface area contributed by atoms with Gasteiger partial charge < -0.3 is 15.5 Å². The van der Waals surface area contributed by atoms with Crippen LogP contribution in [0.5, 0.6) is 0 Å². The highest BCUT2D eigenvalue weighted by Gasteiger charge is 2.14. The lowest BCUT2D eigenvalue weighted by atomic mass is 10.2. The molecule has 5 aromatic rings. The van der Waals surface area contributed by atoms with E-state index < -0.39 is 0 Å². The minimum Gasteiger partial charge on any atom is -0.323 e. The molecule has 4 heterocycles. The van der Waals surface area contributed by atoms with Crippen molar-refractivity contribution in [3.8, 4) is 10.6 Å². The third kappa shape index (κ3) is 5.81. The first kappa shape index (κ1) is 25.6. The molecule has 0 saturated heterocycles. The predicted octanol–water partition coefficient (Wildman–Crippen LogP) is 7.40. The number of nitrogens with zero attached hydrogens (tertiary/aromatic N) is 4. The number of fused-ring (bicyclic) bond motifs is 1. The largest absolute Gasteiger partial charge is 0.323 e. The van der Waals surface area contributed by atoms with Gasteiger partial charge in [-0.15, -0.1) is 11.3 Å². The van der Waals surface area contributed by atoms with Crippen LogP contribution in [0.4, 0.5) is 15.8 Å². The maximum atomic E-state index is 12.6. The molecule has 0 saturated carbocycles. The van der Waals surface area contributed by atoms with Crippen LogP contribution in [0.1, 0.15) is 37.5 Å². The lowest BCUT2D eigenvalue weighted by molar-refractivity contribution is 0.103. The van der Waals surface area contributed by atoms with Crippen LogP contribution in [-0.2, 0) is 6.54 Å². The molecule has 5 rings (SSSR count). The van der Waals surface area contributed by atoms with Gasteiger partial charge in [-0.3, -0.25) is 9.20 Å². The zero-order chi connectivity index (χ0) is 25.7. The van der Waals surface area contributed by atoms with Crippen LogP contribution in [0.25, 0.3) is 16.2 Å². The molecule has 0 radical (unpaired) electrons. The fraction of sp³-hybridized carbons (Fsp3) is 0.222. The number of nitrogens with one attached hydrogen (secondary N) is 2.